The van der Waals surface area contributed by atoms with Crippen molar-refractivity contribution in [3.05, 3.63) is 11.6 Å². The molecule has 4 rings (SSSR count). The van der Waals surface area contributed by atoms with Gasteiger partial charge in [-0.1, -0.05) is 25.5 Å². The Balaban J connectivity index is 1.60. The summed E-state index contributed by atoms with van der Waals surface area (Å²) in [7, 11) is 0. The van der Waals surface area contributed by atoms with E-state index in [-0.39, 0.29) is 24.2 Å². The lowest BCUT2D eigenvalue weighted by Crippen LogP contribution is -2.58. The van der Waals surface area contributed by atoms with Crippen LogP contribution >= 0.6 is 0 Å². The molecule has 1 nitrogen and oxygen atoms in total. The zero-order valence-electron chi connectivity index (χ0n) is 16.3. The molecule has 1 N–H and O–H groups in total. The standard InChI is InChI=1S/C22H33F3O/c1-4-14-6-8-17-16-7-5-15-13-21(26,22(23,24)25)12-11-20(15,3)18(16)9-10-19(14,17)2/h4,15-18,26H,5-13H2,1-3H3/t15?,16-,17-,18-,19+,20-,21?/m0/s1. The minimum atomic E-state index is -4.50. The smallest absolute Gasteiger partial charge is 0.380 e. The first-order valence-electron chi connectivity index (χ1n) is 10.5. The Morgan fingerprint density at radius 2 is 1.73 bits per heavy atom. The third-order valence-corrected chi connectivity index (χ3v) is 9.45. The summed E-state index contributed by atoms with van der Waals surface area (Å²) >= 11 is 0. The van der Waals surface area contributed by atoms with Crippen LogP contribution in [0.3, 0.4) is 0 Å². The van der Waals surface area contributed by atoms with Gasteiger partial charge in [-0.25, -0.2) is 0 Å². The van der Waals surface area contributed by atoms with Crippen molar-refractivity contribution in [3.63, 3.8) is 0 Å². The second kappa shape index (κ2) is 5.75. The number of halogens is 3. The molecular formula is C22H33F3O. The number of fused-ring (bicyclic) bond motifs is 5. The van der Waals surface area contributed by atoms with Crippen LogP contribution < -0.4 is 0 Å². The van der Waals surface area contributed by atoms with Gasteiger partial charge >= 0.3 is 6.18 Å². The average molecular weight is 370 g/mol. The van der Waals surface area contributed by atoms with Crippen molar-refractivity contribution in [2.45, 2.75) is 90.3 Å². The molecule has 4 fully saturated rings. The quantitative estimate of drug-likeness (QED) is 0.498. The predicted octanol–water partition coefficient (Wildman–Crippen LogP) is 6.27. The van der Waals surface area contributed by atoms with Gasteiger partial charge in [0, 0.05) is 0 Å². The molecule has 0 radical (unpaired) electrons. The van der Waals surface area contributed by atoms with Gasteiger partial charge in [-0.2, -0.15) is 13.2 Å². The third kappa shape index (κ3) is 2.39. The highest BCUT2D eigenvalue weighted by atomic mass is 19.4. The maximum Gasteiger partial charge on any atom is 0.417 e. The molecule has 0 aromatic heterocycles. The Morgan fingerprint density at radius 1 is 1.00 bits per heavy atom. The molecular weight excluding hydrogens is 337 g/mol. The van der Waals surface area contributed by atoms with Crippen LogP contribution in [0.4, 0.5) is 13.2 Å². The summed E-state index contributed by atoms with van der Waals surface area (Å²) in [5.41, 5.74) is -0.553. The SMILES string of the molecule is CC=C1CC[C@H]2[C@@H]3CCC4CC(O)(C(F)(F)F)CC[C@]4(C)[C@H]3CC[C@]12C. The largest absolute Gasteiger partial charge is 0.417 e. The van der Waals surface area contributed by atoms with Crippen molar-refractivity contribution in [2.75, 3.05) is 0 Å². The molecule has 0 aromatic rings. The molecule has 0 aliphatic heterocycles. The summed E-state index contributed by atoms with van der Waals surface area (Å²) in [5, 5.41) is 10.3. The molecule has 4 aliphatic carbocycles. The van der Waals surface area contributed by atoms with Gasteiger partial charge in [0.1, 0.15) is 0 Å². The summed E-state index contributed by atoms with van der Waals surface area (Å²) in [6.45, 7) is 6.85. The van der Waals surface area contributed by atoms with Crippen molar-refractivity contribution in [1.29, 1.82) is 0 Å². The predicted molar refractivity (Wildman–Crippen MR) is 96.5 cm³/mol. The van der Waals surface area contributed by atoms with Gasteiger partial charge in [0.15, 0.2) is 5.60 Å². The summed E-state index contributed by atoms with van der Waals surface area (Å²) in [5.74, 6) is 1.91. The highest BCUT2D eigenvalue weighted by Gasteiger charge is 2.64. The first-order chi connectivity index (χ1) is 12.1. The van der Waals surface area contributed by atoms with Crippen LogP contribution in [0.5, 0.6) is 0 Å². The van der Waals surface area contributed by atoms with E-state index in [4.69, 9.17) is 0 Å². The Labute approximate surface area is 155 Å². The van der Waals surface area contributed by atoms with Gasteiger partial charge in [0.2, 0.25) is 0 Å². The Bertz CT molecular complexity index is 611. The van der Waals surface area contributed by atoms with Gasteiger partial charge in [0.25, 0.3) is 0 Å². The molecule has 0 amide bonds. The maximum absolute atomic E-state index is 13.4. The van der Waals surface area contributed by atoms with E-state index >= 15 is 0 Å². The summed E-state index contributed by atoms with van der Waals surface area (Å²) in [4.78, 5) is 0. The first-order valence-corrected chi connectivity index (χ1v) is 10.5. The zero-order valence-corrected chi connectivity index (χ0v) is 16.3. The molecule has 0 aromatic carbocycles. The number of hydrogen-bond acceptors (Lipinski definition) is 1. The van der Waals surface area contributed by atoms with Gasteiger partial charge in [-0.15, -0.1) is 0 Å². The molecule has 7 atom stereocenters. The summed E-state index contributed by atoms with van der Waals surface area (Å²) in [6.07, 6.45) is 4.84. The fourth-order valence-corrected chi connectivity index (χ4v) is 7.82. The van der Waals surface area contributed by atoms with Crippen LogP contribution in [0.15, 0.2) is 11.6 Å². The third-order valence-electron chi connectivity index (χ3n) is 9.45. The van der Waals surface area contributed by atoms with Crippen molar-refractivity contribution in [1.82, 2.24) is 0 Å². The van der Waals surface area contributed by atoms with E-state index in [1.807, 2.05) is 0 Å². The van der Waals surface area contributed by atoms with Crippen LogP contribution in [-0.4, -0.2) is 16.9 Å². The van der Waals surface area contributed by atoms with E-state index in [1.54, 1.807) is 5.57 Å². The monoisotopic (exact) mass is 370 g/mol. The van der Waals surface area contributed by atoms with E-state index in [0.717, 1.165) is 19.3 Å². The number of alkyl halides is 3. The molecule has 4 saturated carbocycles. The molecule has 2 unspecified atom stereocenters. The van der Waals surface area contributed by atoms with Crippen LogP contribution in [0.2, 0.25) is 0 Å². The van der Waals surface area contributed by atoms with Crippen molar-refractivity contribution >= 4 is 0 Å². The molecule has 0 bridgehead atoms. The molecule has 0 spiro atoms. The van der Waals surface area contributed by atoms with E-state index in [0.29, 0.717) is 29.6 Å². The molecule has 148 valence electrons. The molecule has 0 saturated heterocycles. The van der Waals surface area contributed by atoms with E-state index in [1.165, 1.54) is 19.3 Å². The molecule has 0 heterocycles. The van der Waals surface area contributed by atoms with Crippen LogP contribution in [0.1, 0.15) is 78.6 Å². The van der Waals surface area contributed by atoms with E-state index in [2.05, 4.69) is 26.8 Å². The summed E-state index contributed by atoms with van der Waals surface area (Å²) in [6, 6.07) is 0. The van der Waals surface area contributed by atoms with Crippen LogP contribution in [-0.2, 0) is 0 Å². The Kier molecular flexibility index (Phi) is 4.16. The topological polar surface area (TPSA) is 20.2 Å². The van der Waals surface area contributed by atoms with Gasteiger partial charge in [0.05, 0.1) is 0 Å². The van der Waals surface area contributed by atoms with Gasteiger partial charge < -0.3 is 5.11 Å². The van der Waals surface area contributed by atoms with E-state index in [9.17, 15) is 18.3 Å². The minimum absolute atomic E-state index is 0.0103. The summed E-state index contributed by atoms with van der Waals surface area (Å²) < 4.78 is 40.2. The van der Waals surface area contributed by atoms with Crippen LogP contribution in [0, 0.1) is 34.5 Å². The normalized spacial score (nSPS) is 53.1. The van der Waals surface area contributed by atoms with Gasteiger partial charge in [-0.05, 0) is 99.2 Å². The molecule has 26 heavy (non-hydrogen) atoms. The van der Waals surface area contributed by atoms with Crippen LogP contribution in [0.25, 0.3) is 0 Å². The van der Waals surface area contributed by atoms with E-state index < -0.39 is 11.8 Å². The highest BCUT2D eigenvalue weighted by Crippen LogP contribution is 2.68. The second-order valence-corrected chi connectivity index (χ2v) is 10.2. The van der Waals surface area contributed by atoms with Crippen molar-refractivity contribution < 1.29 is 18.3 Å². The lowest BCUT2D eigenvalue weighted by atomic mass is 9.44. The Morgan fingerprint density at radius 3 is 2.38 bits per heavy atom. The number of hydrogen-bond donors (Lipinski definition) is 1. The minimum Gasteiger partial charge on any atom is -0.380 e. The lowest BCUT2D eigenvalue weighted by Gasteiger charge is -2.61. The fourth-order valence-electron chi connectivity index (χ4n) is 7.82. The van der Waals surface area contributed by atoms with Crippen molar-refractivity contribution in [3.8, 4) is 0 Å². The maximum atomic E-state index is 13.4. The highest BCUT2D eigenvalue weighted by molar-refractivity contribution is 5.23. The molecule has 4 heteroatoms. The fraction of sp³-hybridized carbons (Fsp3) is 0.909. The number of aliphatic hydroxyl groups is 1. The first kappa shape index (κ1) is 18.8. The average Bonchev–Trinajstić information content (AvgIpc) is 2.91. The number of allylic oxidation sites excluding steroid dienone is 2. The number of rotatable bonds is 0. The lowest BCUT2D eigenvalue weighted by molar-refractivity contribution is -0.289. The van der Waals surface area contributed by atoms with Gasteiger partial charge in [-0.3, -0.25) is 0 Å². The molecule has 4 aliphatic rings. The second-order valence-electron chi connectivity index (χ2n) is 10.2. The Hall–Kier alpha value is -0.510. The van der Waals surface area contributed by atoms with Crippen molar-refractivity contribution in [2.24, 2.45) is 34.5 Å². The zero-order chi connectivity index (χ0) is 19.0.